The highest BCUT2D eigenvalue weighted by Gasteiger charge is 2.31. The quantitative estimate of drug-likeness (QED) is 0.496. The van der Waals surface area contributed by atoms with Crippen LogP contribution in [0.25, 0.3) is 0 Å². The summed E-state index contributed by atoms with van der Waals surface area (Å²) in [5.74, 6) is 0.758. The molecule has 0 amide bonds. The van der Waals surface area contributed by atoms with Crippen molar-refractivity contribution in [1.82, 2.24) is 9.21 Å². The fraction of sp³-hybridized carbons (Fsp3) is 0.700. The van der Waals surface area contributed by atoms with Crippen LogP contribution in [0.15, 0.2) is 24.3 Å². The molecule has 154 valence electrons. The molecule has 6 nitrogen and oxygen atoms in total. The molecular formula is C20H34N2O4S. The highest BCUT2D eigenvalue weighted by Crippen LogP contribution is 2.28. The van der Waals surface area contributed by atoms with Crippen molar-refractivity contribution in [1.29, 1.82) is 0 Å². The van der Waals surface area contributed by atoms with Crippen LogP contribution < -0.4 is 4.74 Å². The first-order valence-electron chi connectivity index (χ1n) is 9.61. The second kappa shape index (κ2) is 10.6. The lowest BCUT2D eigenvalue weighted by Gasteiger charge is -2.30. The molecule has 2 atom stereocenters. The number of ether oxygens (including phenoxy) is 2. The van der Waals surface area contributed by atoms with Gasteiger partial charge >= 0.3 is 0 Å². The van der Waals surface area contributed by atoms with Gasteiger partial charge in [-0.15, -0.1) is 0 Å². The Kier molecular flexibility index (Phi) is 8.85. The Morgan fingerprint density at radius 2 is 1.96 bits per heavy atom. The first kappa shape index (κ1) is 22.5. The third-order valence-corrected chi connectivity index (χ3v) is 5.21. The van der Waals surface area contributed by atoms with E-state index in [1.807, 2.05) is 37.3 Å². The van der Waals surface area contributed by atoms with Gasteiger partial charge in [-0.25, -0.2) is 4.31 Å². The largest absolute Gasteiger partial charge is 0.491 e. The fourth-order valence-electron chi connectivity index (χ4n) is 3.47. The van der Waals surface area contributed by atoms with E-state index in [1.54, 1.807) is 0 Å². The third kappa shape index (κ3) is 7.25. The number of aliphatic hydroxyl groups excluding tert-OH is 2. The summed E-state index contributed by atoms with van der Waals surface area (Å²) in [6.45, 7) is 7.30. The molecule has 1 fully saturated rings. The summed E-state index contributed by atoms with van der Waals surface area (Å²) in [5, 5.41) is 18.0. The smallest absolute Gasteiger partial charge is 0.119 e. The fourth-order valence-corrected chi connectivity index (χ4v) is 3.68. The van der Waals surface area contributed by atoms with Gasteiger partial charge in [-0.3, -0.25) is 4.90 Å². The number of hydrogen-bond donors (Lipinski definition) is 3. The van der Waals surface area contributed by atoms with E-state index in [0.29, 0.717) is 13.0 Å². The van der Waals surface area contributed by atoms with Crippen LogP contribution in [0, 0.1) is 0 Å². The molecule has 7 heteroatoms. The summed E-state index contributed by atoms with van der Waals surface area (Å²) in [5.41, 5.74) is 0.883. The van der Waals surface area contributed by atoms with E-state index in [4.69, 9.17) is 14.6 Å². The zero-order chi connectivity index (χ0) is 19.9. The Balaban J connectivity index is 1.93. The molecule has 2 rings (SSSR count). The molecule has 0 aliphatic carbocycles. The van der Waals surface area contributed by atoms with Gasteiger partial charge in [-0.2, -0.15) is 0 Å². The van der Waals surface area contributed by atoms with Gasteiger partial charge < -0.3 is 19.7 Å². The molecule has 1 unspecified atom stereocenters. The van der Waals surface area contributed by atoms with Crippen LogP contribution in [-0.2, 0) is 4.74 Å². The van der Waals surface area contributed by atoms with Crippen LogP contribution >= 0.6 is 12.8 Å². The lowest BCUT2D eigenvalue weighted by atomic mass is 10.1. The van der Waals surface area contributed by atoms with Gasteiger partial charge in [0.1, 0.15) is 12.4 Å². The molecule has 0 saturated carbocycles. The molecule has 1 saturated heterocycles. The Labute approximate surface area is 168 Å². The maximum absolute atomic E-state index is 9.18. The summed E-state index contributed by atoms with van der Waals surface area (Å²) in [7, 11) is 1.97. The molecule has 1 aliphatic heterocycles. The van der Waals surface area contributed by atoms with Crippen molar-refractivity contribution in [2.45, 2.75) is 44.4 Å². The Bertz CT molecular complexity index is 553. The van der Waals surface area contributed by atoms with Crippen LogP contribution in [-0.4, -0.2) is 77.6 Å². The minimum absolute atomic E-state index is 0.0110. The SMILES string of the molecule is CN(S)[C@H](CN1CCC(OC(C)(C)CCO)C1)c1ccc(OCCO)cc1. The summed E-state index contributed by atoms with van der Waals surface area (Å²) >= 11 is 4.56. The standard InChI is InChI=1S/C20H34N2O4S/c1-20(2,9-11-23)26-18-8-10-22(14-18)15-19(21(3)27)16-4-6-17(7-5-16)25-13-12-24/h4-7,18-19,23-24,27H,8-15H2,1-3H3/t18?,19-/m1/s1. The van der Waals surface area contributed by atoms with Gasteiger partial charge in [0, 0.05) is 26.2 Å². The average Bonchev–Trinajstić information content (AvgIpc) is 3.04. The van der Waals surface area contributed by atoms with E-state index >= 15 is 0 Å². The van der Waals surface area contributed by atoms with Crippen molar-refractivity contribution in [2.24, 2.45) is 0 Å². The Morgan fingerprint density at radius 1 is 1.26 bits per heavy atom. The third-order valence-electron chi connectivity index (χ3n) is 4.94. The lowest BCUT2D eigenvalue weighted by molar-refractivity contribution is -0.0770. The topological polar surface area (TPSA) is 65.4 Å². The van der Waals surface area contributed by atoms with Crippen LogP contribution in [0.2, 0.25) is 0 Å². The van der Waals surface area contributed by atoms with E-state index in [1.165, 1.54) is 5.56 Å². The second-order valence-corrected chi connectivity index (χ2v) is 8.38. The number of hydrogen-bond acceptors (Lipinski definition) is 7. The zero-order valence-corrected chi connectivity index (χ0v) is 17.6. The first-order chi connectivity index (χ1) is 12.8. The summed E-state index contributed by atoms with van der Waals surface area (Å²) < 4.78 is 13.6. The van der Waals surface area contributed by atoms with Gasteiger partial charge in [0.15, 0.2) is 0 Å². The van der Waals surface area contributed by atoms with Gasteiger partial charge in [0.05, 0.1) is 24.4 Å². The molecule has 0 spiro atoms. The highest BCUT2D eigenvalue weighted by atomic mass is 32.1. The number of rotatable bonds is 11. The predicted molar refractivity (Wildman–Crippen MR) is 110 cm³/mol. The summed E-state index contributed by atoms with van der Waals surface area (Å²) in [6.07, 6.45) is 1.86. The number of benzene rings is 1. The van der Waals surface area contributed by atoms with Gasteiger partial charge in [-0.1, -0.05) is 24.9 Å². The zero-order valence-electron chi connectivity index (χ0n) is 16.7. The van der Waals surface area contributed by atoms with Crippen LogP contribution in [0.1, 0.15) is 38.3 Å². The molecule has 27 heavy (non-hydrogen) atoms. The van der Waals surface area contributed by atoms with Gasteiger partial charge in [0.25, 0.3) is 0 Å². The molecule has 0 radical (unpaired) electrons. The van der Waals surface area contributed by atoms with E-state index in [-0.39, 0.29) is 31.0 Å². The number of likely N-dealkylation sites (N-methyl/N-ethyl adjacent to an activating group) is 1. The monoisotopic (exact) mass is 398 g/mol. The Morgan fingerprint density at radius 3 is 2.56 bits per heavy atom. The number of thiol groups is 1. The van der Waals surface area contributed by atoms with Crippen molar-refractivity contribution in [3.05, 3.63) is 29.8 Å². The lowest BCUT2D eigenvalue weighted by Crippen LogP contribution is -2.35. The van der Waals surface area contributed by atoms with Crippen molar-refractivity contribution in [3.8, 4) is 5.75 Å². The van der Waals surface area contributed by atoms with Crippen molar-refractivity contribution in [3.63, 3.8) is 0 Å². The maximum Gasteiger partial charge on any atom is 0.119 e. The van der Waals surface area contributed by atoms with Crippen LogP contribution in [0.4, 0.5) is 0 Å². The number of nitrogens with zero attached hydrogens (tertiary/aromatic N) is 2. The second-order valence-electron chi connectivity index (χ2n) is 7.75. The first-order valence-corrected chi connectivity index (χ1v) is 10.0. The molecule has 0 bridgehead atoms. The molecular weight excluding hydrogens is 364 g/mol. The summed E-state index contributed by atoms with van der Waals surface area (Å²) in [4.78, 5) is 2.41. The van der Waals surface area contributed by atoms with Gasteiger partial charge in [0.2, 0.25) is 0 Å². The van der Waals surface area contributed by atoms with Crippen molar-refractivity contribution >= 4 is 12.8 Å². The molecule has 1 heterocycles. The van der Waals surface area contributed by atoms with Crippen molar-refractivity contribution in [2.75, 3.05) is 46.5 Å². The molecule has 1 aliphatic rings. The van der Waals surface area contributed by atoms with Gasteiger partial charge in [-0.05, 0) is 51.4 Å². The maximum atomic E-state index is 9.18. The molecule has 2 N–H and O–H groups in total. The van der Waals surface area contributed by atoms with Crippen molar-refractivity contribution < 1.29 is 19.7 Å². The molecule has 0 aromatic heterocycles. The minimum Gasteiger partial charge on any atom is -0.491 e. The molecule has 1 aromatic carbocycles. The minimum atomic E-state index is -0.292. The number of likely N-dealkylation sites (tertiary alicyclic amines) is 1. The normalized spacial score (nSPS) is 19.6. The Hall–Kier alpha value is -0.830. The average molecular weight is 399 g/mol. The van der Waals surface area contributed by atoms with E-state index in [9.17, 15) is 5.11 Å². The van der Waals surface area contributed by atoms with E-state index < -0.39 is 0 Å². The highest BCUT2D eigenvalue weighted by molar-refractivity contribution is 7.77. The molecule has 1 aromatic rings. The predicted octanol–water partition coefficient (Wildman–Crippen LogP) is 2.13. The van der Waals surface area contributed by atoms with E-state index in [0.717, 1.165) is 31.8 Å². The van der Waals surface area contributed by atoms with E-state index in [2.05, 4.69) is 29.8 Å². The number of aliphatic hydroxyl groups is 2. The van der Waals surface area contributed by atoms with Crippen LogP contribution in [0.3, 0.4) is 0 Å². The summed E-state index contributed by atoms with van der Waals surface area (Å²) in [6, 6.07) is 8.13. The van der Waals surface area contributed by atoms with Crippen LogP contribution in [0.5, 0.6) is 5.75 Å².